The first-order chi connectivity index (χ1) is 24.0. The van der Waals surface area contributed by atoms with Gasteiger partial charge in [-0.25, -0.2) is 4.98 Å². The number of aromatic nitrogens is 2. The number of ether oxygens (including phenoxy) is 2. The van der Waals surface area contributed by atoms with Crippen LogP contribution in [-0.4, -0.2) is 53.0 Å². The Bertz CT molecular complexity index is 1700. The number of imidazole rings is 1. The summed E-state index contributed by atoms with van der Waals surface area (Å²) in [4.78, 5) is 24.4. The van der Waals surface area contributed by atoms with E-state index in [1.807, 2.05) is 42.5 Å². The van der Waals surface area contributed by atoms with Gasteiger partial charge in [0.1, 0.15) is 18.2 Å². The van der Waals surface area contributed by atoms with Gasteiger partial charge in [0.25, 0.3) is 5.91 Å². The summed E-state index contributed by atoms with van der Waals surface area (Å²) in [7, 11) is -1.22. The number of aryl methyl sites for hydroxylation is 1. The van der Waals surface area contributed by atoms with Gasteiger partial charge in [0.05, 0.1) is 23.2 Å². The highest BCUT2D eigenvalue weighted by molar-refractivity contribution is 7.84. The van der Waals surface area contributed by atoms with Crippen LogP contribution in [0.2, 0.25) is 0 Å². The Balaban J connectivity index is 1.27. The van der Waals surface area contributed by atoms with Gasteiger partial charge >= 0.3 is 0 Å². The lowest BCUT2D eigenvalue weighted by molar-refractivity contribution is -0.112. The summed E-state index contributed by atoms with van der Waals surface area (Å²) in [6.07, 6.45) is 10.5. The molecule has 1 aliphatic heterocycles. The second-order valence-corrected chi connectivity index (χ2v) is 13.9. The number of nitrogens with one attached hydrogen (secondary N) is 2. The predicted octanol–water partition coefficient (Wildman–Crippen LogP) is 8.56. The molecule has 0 saturated carbocycles. The first kappa shape index (κ1) is 36.1. The van der Waals surface area contributed by atoms with Crippen LogP contribution in [0.15, 0.2) is 83.4 Å². The van der Waals surface area contributed by atoms with E-state index in [9.17, 15) is 9.00 Å². The van der Waals surface area contributed by atoms with Crippen molar-refractivity contribution in [3.05, 3.63) is 95.6 Å². The number of aromatic amines is 1. The lowest BCUT2D eigenvalue weighted by Crippen LogP contribution is -2.28. The molecule has 4 aromatic rings. The van der Waals surface area contributed by atoms with Gasteiger partial charge in [0.15, 0.2) is 0 Å². The van der Waals surface area contributed by atoms with Crippen molar-refractivity contribution in [3.63, 3.8) is 0 Å². The fourth-order valence-corrected chi connectivity index (χ4v) is 6.97. The van der Waals surface area contributed by atoms with Crippen molar-refractivity contribution in [1.82, 2.24) is 9.97 Å². The van der Waals surface area contributed by atoms with Crippen LogP contribution in [0.4, 0.5) is 11.4 Å². The predicted molar refractivity (Wildman–Crippen MR) is 201 cm³/mol. The van der Waals surface area contributed by atoms with Crippen molar-refractivity contribution in [3.8, 4) is 16.9 Å². The van der Waals surface area contributed by atoms with Gasteiger partial charge in [-0.05, 0) is 103 Å². The van der Waals surface area contributed by atoms with E-state index in [1.54, 1.807) is 6.20 Å². The summed E-state index contributed by atoms with van der Waals surface area (Å²) >= 11 is 0. The van der Waals surface area contributed by atoms with Gasteiger partial charge in [-0.1, -0.05) is 45.4 Å². The van der Waals surface area contributed by atoms with Crippen LogP contribution < -0.4 is 15.0 Å². The van der Waals surface area contributed by atoms with Gasteiger partial charge in [0.2, 0.25) is 0 Å². The number of amides is 1. The van der Waals surface area contributed by atoms with E-state index >= 15 is 0 Å². The zero-order valence-corrected chi connectivity index (χ0v) is 30.0. The zero-order chi connectivity index (χ0) is 34.4. The maximum Gasteiger partial charge on any atom is 0.251 e. The third kappa shape index (κ3) is 10.4. The summed E-state index contributed by atoms with van der Waals surface area (Å²) < 4.78 is 24.5. The first-order valence-corrected chi connectivity index (χ1v) is 19.0. The van der Waals surface area contributed by atoms with Crippen molar-refractivity contribution in [2.24, 2.45) is 0 Å². The Morgan fingerprint density at radius 2 is 1.73 bits per heavy atom. The Morgan fingerprint density at radius 1 is 0.939 bits per heavy atom. The van der Waals surface area contributed by atoms with Crippen molar-refractivity contribution in [2.75, 3.05) is 43.1 Å². The van der Waals surface area contributed by atoms with Crippen molar-refractivity contribution < 1.29 is 18.5 Å². The van der Waals surface area contributed by atoms with Crippen LogP contribution in [-0.2, 0) is 32.5 Å². The minimum Gasteiger partial charge on any atom is -0.491 e. The zero-order valence-electron chi connectivity index (χ0n) is 29.1. The third-order valence-corrected chi connectivity index (χ3v) is 9.88. The van der Waals surface area contributed by atoms with E-state index in [4.69, 9.17) is 9.47 Å². The molecule has 0 radical (unpaired) electrons. The molecule has 0 aliphatic carbocycles. The second-order valence-electron chi connectivity index (χ2n) is 12.4. The van der Waals surface area contributed by atoms with Crippen LogP contribution in [0.3, 0.4) is 0 Å². The number of unbranched alkanes of at least 4 members (excludes halogenated alkanes) is 1. The van der Waals surface area contributed by atoms with E-state index in [1.165, 1.54) is 0 Å². The van der Waals surface area contributed by atoms with Gasteiger partial charge in [-0.15, -0.1) is 0 Å². The SMILES string of the molecule is CCCCOCCOc1ccc(-c2ccc3c(c2)C=C(C(=O)Nc2ccc(S(=O)Cc4cnc(CCC)[nH]4)cc2)CCCN3CCC)cc1. The molecule has 0 saturated heterocycles. The summed E-state index contributed by atoms with van der Waals surface area (Å²) in [5, 5.41) is 3.08. The van der Waals surface area contributed by atoms with Crippen LogP contribution in [0.5, 0.6) is 5.75 Å². The highest BCUT2D eigenvalue weighted by atomic mass is 32.2. The van der Waals surface area contributed by atoms with E-state index in [0.29, 0.717) is 36.0 Å². The summed E-state index contributed by atoms with van der Waals surface area (Å²) in [5.41, 5.74) is 6.63. The van der Waals surface area contributed by atoms with Crippen molar-refractivity contribution in [1.29, 1.82) is 0 Å². The number of fused-ring (bicyclic) bond motifs is 1. The number of benzene rings is 3. The molecule has 5 rings (SSSR count). The second kappa shape index (κ2) is 18.5. The minimum atomic E-state index is -1.22. The number of H-pyrrole nitrogens is 1. The molecule has 49 heavy (non-hydrogen) atoms. The Kier molecular flexibility index (Phi) is 13.6. The maximum absolute atomic E-state index is 13.6. The summed E-state index contributed by atoms with van der Waals surface area (Å²) in [6.45, 7) is 10.2. The molecule has 3 aromatic carbocycles. The summed E-state index contributed by atoms with van der Waals surface area (Å²) in [5.74, 6) is 2.00. The minimum absolute atomic E-state index is 0.116. The van der Waals surface area contributed by atoms with Crippen LogP contribution in [0.25, 0.3) is 17.2 Å². The lowest BCUT2D eigenvalue weighted by atomic mass is 9.96. The quantitative estimate of drug-likeness (QED) is 0.108. The maximum atomic E-state index is 13.6. The van der Waals surface area contributed by atoms with E-state index < -0.39 is 10.8 Å². The largest absolute Gasteiger partial charge is 0.491 e. The highest BCUT2D eigenvalue weighted by Gasteiger charge is 2.19. The molecule has 1 aromatic heterocycles. The number of nitrogens with zero attached hydrogens (tertiary/aromatic N) is 2. The van der Waals surface area contributed by atoms with Gasteiger partial charge in [-0.3, -0.25) is 9.00 Å². The number of anilines is 2. The first-order valence-electron chi connectivity index (χ1n) is 17.7. The topological polar surface area (TPSA) is 96.5 Å². The van der Waals surface area contributed by atoms with E-state index in [0.717, 1.165) is 103 Å². The molecular formula is C40H50N4O4S. The molecule has 260 valence electrons. The fraction of sp³-hybridized carbons (Fsp3) is 0.400. The van der Waals surface area contributed by atoms with Crippen molar-refractivity contribution >= 4 is 34.2 Å². The average Bonchev–Trinajstić information content (AvgIpc) is 3.55. The Labute approximate surface area is 293 Å². The third-order valence-electron chi connectivity index (χ3n) is 8.51. The lowest BCUT2D eigenvalue weighted by Gasteiger charge is -2.29. The van der Waals surface area contributed by atoms with Gasteiger partial charge in [0, 0.05) is 59.9 Å². The monoisotopic (exact) mass is 682 g/mol. The summed E-state index contributed by atoms with van der Waals surface area (Å²) in [6, 6.07) is 22.0. The molecule has 8 nitrogen and oxygen atoms in total. The van der Waals surface area contributed by atoms with E-state index in [-0.39, 0.29) is 5.91 Å². The van der Waals surface area contributed by atoms with Crippen LogP contribution in [0.1, 0.15) is 76.4 Å². The molecule has 1 amide bonds. The number of hydrogen-bond acceptors (Lipinski definition) is 6. The molecule has 2 heterocycles. The van der Waals surface area contributed by atoms with Crippen LogP contribution in [0, 0.1) is 0 Å². The number of rotatable bonds is 17. The standard InChI is InChI=1S/C40H50N4O4S/c1-4-7-23-47-24-25-48-36-16-11-30(12-17-36)31-13-20-38-33(26-31)27-32(10-8-22-44(38)21-6-3)40(45)43-34-14-18-37(19-15-34)49(46)29-35-28-41-39(42-35)9-5-2/h11-20,26-28H,4-10,21-25,29H2,1-3H3,(H,41,42)(H,43,45). The Morgan fingerprint density at radius 3 is 2.49 bits per heavy atom. The molecule has 0 spiro atoms. The smallest absolute Gasteiger partial charge is 0.251 e. The fourth-order valence-electron chi connectivity index (χ4n) is 5.94. The highest BCUT2D eigenvalue weighted by Crippen LogP contribution is 2.33. The molecule has 1 atom stereocenters. The molecule has 2 N–H and O–H groups in total. The van der Waals surface area contributed by atoms with Gasteiger partial charge < -0.3 is 24.7 Å². The van der Waals surface area contributed by atoms with Crippen molar-refractivity contribution in [2.45, 2.75) is 76.4 Å². The molecule has 0 fully saturated rings. The number of hydrogen-bond donors (Lipinski definition) is 2. The molecule has 9 heteroatoms. The van der Waals surface area contributed by atoms with Gasteiger partial charge in [-0.2, -0.15) is 0 Å². The van der Waals surface area contributed by atoms with Crippen LogP contribution >= 0.6 is 0 Å². The average molecular weight is 683 g/mol. The molecular weight excluding hydrogens is 633 g/mol. The molecule has 1 aliphatic rings. The number of carbonyl (C=O) groups excluding carboxylic acids is 1. The normalized spacial score (nSPS) is 13.6. The molecule has 0 bridgehead atoms. The van der Waals surface area contributed by atoms with E-state index in [2.05, 4.69) is 71.3 Å². The number of carbonyl (C=O) groups is 1. The Hall–Kier alpha value is -4.21. The molecule has 1 unspecified atom stereocenters.